The second-order valence-corrected chi connectivity index (χ2v) is 2.62. The molecule has 7 nitrogen and oxygen atoms in total. The number of carbonyl (C=O) groups excluding carboxylic acids is 1. The number of aliphatic hydroxyl groups excluding tert-OH is 3. The molecule has 0 aromatic heterocycles. The molecule has 1 aliphatic heterocycles. The second kappa shape index (κ2) is 3.29. The lowest BCUT2D eigenvalue weighted by Gasteiger charge is -2.15. The summed E-state index contributed by atoms with van der Waals surface area (Å²) in [5, 5.41) is 35.0. The minimum Gasteiger partial charge on any atom is -0.479 e. The highest BCUT2D eigenvalue weighted by atomic mass is 16.6. The van der Waals surface area contributed by atoms with Gasteiger partial charge in [0, 0.05) is 0 Å². The van der Waals surface area contributed by atoms with E-state index in [9.17, 15) is 9.59 Å². The Bertz CT molecular complexity index is 237. The number of carboxylic acids is 1. The highest BCUT2D eigenvalue weighted by molar-refractivity contribution is 5.80. The van der Waals surface area contributed by atoms with E-state index in [1.54, 1.807) is 0 Å². The number of aliphatic carboxylic acids is 1. The smallest absolute Gasteiger partial charge is 0.338 e. The zero-order chi connectivity index (χ0) is 10.2. The molecule has 4 atom stereocenters. The first-order valence-corrected chi connectivity index (χ1v) is 3.42. The van der Waals surface area contributed by atoms with E-state index in [2.05, 4.69) is 4.74 Å². The maximum absolute atomic E-state index is 10.6. The predicted molar refractivity (Wildman–Crippen MR) is 35.5 cm³/mol. The Kier molecular flexibility index (Phi) is 2.50. The first kappa shape index (κ1) is 9.90. The van der Waals surface area contributed by atoms with Crippen molar-refractivity contribution >= 4 is 11.9 Å². The normalized spacial score (nSPS) is 35.6. The number of ether oxygens (including phenoxy) is 1. The number of hydrogen-bond donors (Lipinski definition) is 4. The maximum Gasteiger partial charge on any atom is 0.338 e. The SMILES string of the molecule is O=C1OC([C@H](O)C(=O)O)C(O)C1O. The molecule has 13 heavy (non-hydrogen) atoms. The van der Waals surface area contributed by atoms with Crippen molar-refractivity contribution in [1.29, 1.82) is 0 Å². The van der Waals surface area contributed by atoms with Gasteiger partial charge in [0.25, 0.3) is 0 Å². The Balaban J connectivity index is 2.73. The van der Waals surface area contributed by atoms with Crippen LogP contribution in [0, 0.1) is 0 Å². The van der Waals surface area contributed by atoms with Crippen LogP contribution in [0.1, 0.15) is 0 Å². The van der Waals surface area contributed by atoms with Crippen LogP contribution in [0.15, 0.2) is 0 Å². The minimum absolute atomic E-state index is 1.14. The van der Waals surface area contributed by atoms with Crippen LogP contribution in [0.25, 0.3) is 0 Å². The number of carbonyl (C=O) groups is 2. The molecular formula is C6H8O7. The van der Waals surface area contributed by atoms with Gasteiger partial charge < -0.3 is 25.2 Å². The molecule has 0 spiro atoms. The molecule has 7 heteroatoms. The van der Waals surface area contributed by atoms with E-state index in [1.807, 2.05) is 0 Å². The van der Waals surface area contributed by atoms with Crippen LogP contribution in [-0.2, 0) is 14.3 Å². The maximum atomic E-state index is 10.6. The fraction of sp³-hybridized carbons (Fsp3) is 0.667. The lowest BCUT2D eigenvalue weighted by atomic mass is 10.1. The van der Waals surface area contributed by atoms with E-state index in [1.165, 1.54) is 0 Å². The van der Waals surface area contributed by atoms with Crippen molar-refractivity contribution in [1.82, 2.24) is 0 Å². The number of carboxylic acid groups (broad SMARTS) is 1. The Morgan fingerprint density at radius 1 is 1.46 bits per heavy atom. The van der Waals surface area contributed by atoms with Crippen molar-refractivity contribution in [2.24, 2.45) is 0 Å². The van der Waals surface area contributed by atoms with E-state index in [4.69, 9.17) is 20.4 Å². The molecule has 1 saturated heterocycles. The van der Waals surface area contributed by atoms with Crippen molar-refractivity contribution in [3.8, 4) is 0 Å². The van der Waals surface area contributed by atoms with Gasteiger partial charge >= 0.3 is 11.9 Å². The molecule has 0 bridgehead atoms. The molecule has 0 radical (unpaired) electrons. The van der Waals surface area contributed by atoms with Crippen LogP contribution in [-0.4, -0.2) is 56.8 Å². The van der Waals surface area contributed by atoms with Crippen LogP contribution in [0.4, 0.5) is 0 Å². The molecule has 1 aliphatic rings. The highest BCUT2D eigenvalue weighted by Gasteiger charge is 2.48. The molecule has 0 saturated carbocycles. The summed E-state index contributed by atoms with van der Waals surface area (Å²) in [5.74, 6) is -2.77. The summed E-state index contributed by atoms with van der Waals surface area (Å²) in [6.45, 7) is 0. The first-order valence-electron chi connectivity index (χ1n) is 3.42. The third-order valence-electron chi connectivity index (χ3n) is 1.72. The van der Waals surface area contributed by atoms with E-state index in [-0.39, 0.29) is 0 Å². The third kappa shape index (κ3) is 1.62. The average molecular weight is 192 g/mol. The Morgan fingerprint density at radius 3 is 2.31 bits per heavy atom. The van der Waals surface area contributed by atoms with Gasteiger partial charge in [-0.3, -0.25) is 0 Å². The molecule has 1 heterocycles. The quantitative estimate of drug-likeness (QED) is 0.345. The standard InChI is InChI=1S/C6H8O7/c7-1-2(8)6(12)13-4(1)3(9)5(10)11/h1-4,7-9H,(H,10,11)/t1?,2?,3-,4?/m0/s1. The van der Waals surface area contributed by atoms with E-state index >= 15 is 0 Å². The van der Waals surface area contributed by atoms with Gasteiger partial charge in [0.2, 0.25) is 0 Å². The summed E-state index contributed by atoms with van der Waals surface area (Å²) >= 11 is 0. The number of hydrogen-bond acceptors (Lipinski definition) is 6. The molecule has 3 unspecified atom stereocenters. The van der Waals surface area contributed by atoms with Crippen LogP contribution in [0.5, 0.6) is 0 Å². The van der Waals surface area contributed by atoms with Crippen LogP contribution < -0.4 is 0 Å². The average Bonchev–Trinajstić information content (AvgIpc) is 2.31. The summed E-state index contributed by atoms with van der Waals surface area (Å²) in [4.78, 5) is 20.8. The lowest BCUT2D eigenvalue weighted by Crippen LogP contribution is -2.42. The van der Waals surface area contributed by atoms with Gasteiger partial charge in [-0.2, -0.15) is 0 Å². The summed E-state index contributed by atoms with van der Waals surface area (Å²) in [5.41, 5.74) is 0. The topological polar surface area (TPSA) is 124 Å². The summed E-state index contributed by atoms with van der Waals surface area (Å²) < 4.78 is 4.24. The molecule has 1 rings (SSSR count). The molecule has 0 amide bonds. The lowest BCUT2D eigenvalue weighted by molar-refractivity contribution is -0.161. The summed E-state index contributed by atoms with van der Waals surface area (Å²) in [7, 11) is 0. The number of esters is 1. The molecule has 1 fully saturated rings. The Hall–Kier alpha value is -1.18. The minimum atomic E-state index is -2.03. The molecule has 0 aromatic rings. The van der Waals surface area contributed by atoms with Crippen molar-refractivity contribution in [3.63, 3.8) is 0 Å². The van der Waals surface area contributed by atoms with Crippen LogP contribution >= 0.6 is 0 Å². The van der Waals surface area contributed by atoms with Gasteiger partial charge in [-0.15, -0.1) is 0 Å². The molecular weight excluding hydrogens is 184 g/mol. The molecule has 74 valence electrons. The molecule has 4 N–H and O–H groups in total. The largest absolute Gasteiger partial charge is 0.479 e. The van der Waals surface area contributed by atoms with Gasteiger partial charge in [0.15, 0.2) is 18.3 Å². The molecule has 0 aromatic carbocycles. The second-order valence-electron chi connectivity index (χ2n) is 2.62. The van der Waals surface area contributed by atoms with Crippen molar-refractivity contribution in [3.05, 3.63) is 0 Å². The van der Waals surface area contributed by atoms with Crippen molar-refractivity contribution in [2.45, 2.75) is 24.4 Å². The third-order valence-corrected chi connectivity index (χ3v) is 1.72. The Morgan fingerprint density at radius 2 is 2.00 bits per heavy atom. The van der Waals surface area contributed by atoms with Crippen LogP contribution in [0.2, 0.25) is 0 Å². The first-order chi connectivity index (χ1) is 5.95. The van der Waals surface area contributed by atoms with E-state index in [0.29, 0.717) is 0 Å². The van der Waals surface area contributed by atoms with Crippen molar-refractivity contribution < 1.29 is 34.8 Å². The monoisotopic (exact) mass is 192 g/mol. The van der Waals surface area contributed by atoms with E-state index in [0.717, 1.165) is 0 Å². The fourth-order valence-electron chi connectivity index (χ4n) is 0.984. The van der Waals surface area contributed by atoms with E-state index < -0.39 is 36.4 Å². The highest BCUT2D eigenvalue weighted by Crippen LogP contribution is 2.18. The predicted octanol–water partition coefficient (Wildman–Crippen LogP) is -2.92. The zero-order valence-electron chi connectivity index (χ0n) is 6.32. The summed E-state index contributed by atoms with van der Waals surface area (Å²) in [6, 6.07) is 0. The van der Waals surface area contributed by atoms with Gasteiger partial charge in [0.1, 0.15) is 6.10 Å². The van der Waals surface area contributed by atoms with Crippen LogP contribution in [0.3, 0.4) is 0 Å². The Labute approximate surface area is 72.2 Å². The number of cyclic esters (lactones) is 1. The number of aliphatic hydroxyl groups is 3. The van der Waals surface area contributed by atoms with Crippen molar-refractivity contribution in [2.75, 3.05) is 0 Å². The fourth-order valence-corrected chi connectivity index (χ4v) is 0.984. The molecule has 0 aliphatic carbocycles. The van der Waals surface area contributed by atoms with Gasteiger partial charge in [-0.1, -0.05) is 0 Å². The van der Waals surface area contributed by atoms with Gasteiger partial charge in [-0.25, -0.2) is 9.59 Å². The zero-order valence-corrected chi connectivity index (χ0v) is 6.32. The number of rotatable bonds is 2. The van der Waals surface area contributed by atoms with Gasteiger partial charge in [-0.05, 0) is 0 Å². The summed E-state index contributed by atoms with van der Waals surface area (Å²) in [6.07, 6.45) is -7.14. The van der Waals surface area contributed by atoms with Gasteiger partial charge in [0.05, 0.1) is 0 Å².